The summed E-state index contributed by atoms with van der Waals surface area (Å²) in [6, 6.07) is 10.5. The molecule has 0 heterocycles. The van der Waals surface area contributed by atoms with Gasteiger partial charge in [-0.25, -0.2) is 8.42 Å². The molecule has 3 atom stereocenters. The van der Waals surface area contributed by atoms with E-state index in [0.29, 0.717) is 12.8 Å². The average Bonchev–Trinajstić information content (AvgIpc) is 2.96. The van der Waals surface area contributed by atoms with Gasteiger partial charge in [0.2, 0.25) is 5.91 Å². The van der Waals surface area contributed by atoms with Crippen LogP contribution in [0, 0.1) is 5.92 Å². The number of carbonyl (C=O) groups is 2. The number of alkyl halides is 3. The first-order chi connectivity index (χ1) is 19.9. The van der Waals surface area contributed by atoms with Crippen molar-refractivity contribution in [3.05, 3.63) is 59.7 Å². The number of benzene rings is 2. The fourth-order valence-corrected chi connectivity index (χ4v) is 7.60. The highest BCUT2D eigenvalue weighted by atomic mass is 32.2. The average molecular weight is 628 g/mol. The van der Waals surface area contributed by atoms with Crippen molar-refractivity contribution in [3.8, 4) is 0 Å². The van der Waals surface area contributed by atoms with Crippen LogP contribution >= 0.6 is 11.8 Å². The largest absolute Gasteiger partial charge is 0.416 e. The monoisotopic (exact) mass is 627 g/mol. The molecule has 2 aromatic rings. The van der Waals surface area contributed by atoms with Crippen molar-refractivity contribution < 1.29 is 31.2 Å². The van der Waals surface area contributed by atoms with Crippen LogP contribution < -0.4 is 10.6 Å². The molecule has 12 heteroatoms. The minimum Gasteiger partial charge on any atom is -0.352 e. The van der Waals surface area contributed by atoms with Gasteiger partial charge in [0, 0.05) is 22.5 Å². The summed E-state index contributed by atoms with van der Waals surface area (Å²) in [6.45, 7) is 5.60. The molecule has 1 fully saturated rings. The van der Waals surface area contributed by atoms with Gasteiger partial charge in [-0.05, 0) is 99.8 Å². The molecule has 1 aliphatic rings. The maximum Gasteiger partial charge on any atom is 0.416 e. The second-order valence-electron chi connectivity index (χ2n) is 10.7. The van der Waals surface area contributed by atoms with Crippen LogP contribution in [0.2, 0.25) is 0 Å². The molecular formula is C30H40F3N3O4S2. The second kappa shape index (κ2) is 15.2. The molecule has 0 aromatic heterocycles. The lowest BCUT2D eigenvalue weighted by Crippen LogP contribution is -2.52. The highest BCUT2D eigenvalue weighted by Crippen LogP contribution is 2.32. The molecule has 2 aromatic carbocycles. The van der Waals surface area contributed by atoms with Gasteiger partial charge in [0.15, 0.2) is 9.84 Å². The second-order valence-corrected chi connectivity index (χ2v) is 13.6. The van der Waals surface area contributed by atoms with Crippen LogP contribution in [0.3, 0.4) is 0 Å². The molecule has 7 nitrogen and oxygen atoms in total. The van der Waals surface area contributed by atoms with Gasteiger partial charge in [-0.2, -0.15) is 13.2 Å². The zero-order valence-electron chi connectivity index (χ0n) is 24.2. The number of sulfone groups is 1. The van der Waals surface area contributed by atoms with E-state index in [4.69, 9.17) is 0 Å². The van der Waals surface area contributed by atoms with E-state index in [2.05, 4.69) is 29.4 Å². The van der Waals surface area contributed by atoms with E-state index in [0.717, 1.165) is 55.4 Å². The predicted octanol–water partition coefficient (Wildman–Crippen LogP) is 5.41. The topological polar surface area (TPSA) is 95.6 Å². The van der Waals surface area contributed by atoms with Crippen molar-refractivity contribution in [2.24, 2.45) is 5.92 Å². The van der Waals surface area contributed by atoms with Gasteiger partial charge in [-0.1, -0.05) is 19.9 Å². The highest BCUT2D eigenvalue weighted by Gasteiger charge is 2.37. The van der Waals surface area contributed by atoms with E-state index in [9.17, 15) is 31.2 Å². The number of nitrogens with zero attached hydrogens (tertiary/aromatic N) is 1. The minimum atomic E-state index is -4.59. The van der Waals surface area contributed by atoms with E-state index < -0.39 is 46.0 Å². The SMILES string of the molecule is CCCN(CCC)[C@H]1CCC(NC(=O)CNC(=O)c2cccc(C(F)(F)F)c2)[C@@H](CS(=O)(=O)c2ccc(SC)cc2)C1. The van der Waals surface area contributed by atoms with Crippen LogP contribution in [0.4, 0.5) is 13.2 Å². The number of carbonyl (C=O) groups excluding carboxylic acids is 2. The lowest BCUT2D eigenvalue weighted by molar-refractivity contribution is -0.137. The summed E-state index contributed by atoms with van der Waals surface area (Å²) in [4.78, 5) is 28.9. The molecule has 0 radical (unpaired) electrons. The Morgan fingerprint density at radius 2 is 1.69 bits per heavy atom. The Hall–Kier alpha value is -2.57. The van der Waals surface area contributed by atoms with Crippen molar-refractivity contribution >= 4 is 33.4 Å². The van der Waals surface area contributed by atoms with Crippen molar-refractivity contribution in [1.82, 2.24) is 15.5 Å². The zero-order valence-corrected chi connectivity index (χ0v) is 25.9. The van der Waals surface area contributed by atoms with Gasteiger partial charge in [0.1, 0.15) is 0 Å². The van der Waals surface area contributed by atoms with E-state index >= 15 is 0 Å². The van der Waals surface area contributed by atoms with Gasteiger partial charge in [0.05, 0.1) is 22.8 Å². The molecule has 2 amide bonds. The molecule has 1 saturated carbocycles. The van der Waals surface area contributed by atoms with Crippen LogP contribution in [0.5, 0.6) is 0 Å². The molecule has 0 spiro atoms. The van der Waals surface area contributed by atoms with Crippen LogP contribution in [-0.2, 0) is 20.8 Å². The van der Waals surface area contributed by atoms with Gasteiger partial charge >= 0.3 is 6.18 Å². The number of halogens is 3. The van der Waals surface area contributed by atoms with Crippen molar-refractivity contribution in [2.75, 3.05) is 31.6 Å². The Balaban J connectivity index is 1.72. The smallest absolute Gasteiger partial charge is 0.352 e. The van der Waals surface area contributed by atoms with Gasteiger partial charge in [-0.3, -0.25) is 9.59 Å². The zero-order chi connectivity index (χ0) is 30.9. The fraction of sp³-hybridized carbons (Fsp3) is 0.533. The predicted molar refractivity (Wildman–Crippen MR) is 159 cm³/mol. The van der Waals surface area contributed by atoms with Crippen LogP contribution in [-0.4, -0.2) is 68.9 Å². The molecule has 0 saturated heterocycles. The molecular weight excluding hydrogens is 587 g/mol. The summed E-state index contributed by atoms with van der Waals surface area (Å²) >= 11 is 1.52. The number of rotatable bonds is 13. The number of hydrogen-bond acceptors (Lipinski definition) is 6. The van der Waals surface area contributed by atoms with E-state index in [-0.39, 0.29) is 28.2 Å². The third-order valence-corrected chi connectivity index (χ3v) is 10.2. The summed E-state index contributed by atoms with van der Waals surface area (Å²) in [5, 5.41) is 5.29. The Kier molecular flexibility index (Phi) is 12.3. The normalized spacial score (nSPS) is 19.5. The molecule has 42 heavy (non-hydrogen) atoms. The molecule has 2 N–H and O–H groups in total. The molecule has 3 rings (SSSR count). The molecule has 0 aliphatic heterocycles. The van der Waals surface area contributed by atoms with E-state index in [1.807, 2.05) is 6.26 Å². The van der Waals surface area contributed by atoms with Crippen molar-refractivity contribution in [3.63, 3.8) is 0 Å². The number of hydrogen-bond donors (Lipinski definition) is 2. The fourth-order valence-electron chi connectivity index (χ4n) is 5.51. The number of thioether (sulfide) groups is 1. The maximum atomic E-state index is 13.5. The van der Waals surface area contributed by atoms with E-state index in [1.54, 1.807) is 24.3 Å². The standard InChI is InChI=1S/C30H40F3N3O4S2/c1-4-15-36(16-5-2)24-9-14-27(22(18-24)20-42(39,40)26-12-10-25(41-3)11-13-26)35-28(37)19-34-29(38)21-7-6-8-23(17-21)30(31,32)33/h6-8,10-13,17,22,24,27H,4-5,9,14-16,18-20H2,1-3H3,(H,34,38)(H,35,37)/t22-,24+,27?/m1/s1. The summed E-state index contributed by atoms with van der Waals surface area (Å²) < 4.78 is 66.0. The highest BCUT2D eigenvalue weighted by molar-refractivity contribution is 7.98. The molecule has 1 aliphatic carbocycles. The summed E-state index contributed by atoms with van der Waals surface area (Å²) in [5.74, 6) is -1.81. The summed E-state index contributed by atoms with van der Waals surface area (Å²) in [7, 11) is -3.65. The van der Waals surface area contributed by atoms with Crippen molar-refractivity contribution in [1.29, 1.82) is 0 Å². The maximum absolute atomic E-state index is 13.5. The Bertz CT molecular complexity index is 1300. The van der Waals surface area contributed by atoms with Crippen LogP contribution in [0.25, 0.3) is 0 Å². The Morgan fingerprint density at radius 3 is 2.29 bits per heavy atom. The third-order valence-electron chi connectivity index (χ3n) is 7.55. The first kappa shape index (κ1) is 33.9. The lowest BCUT2D eigenvalue weighted by Gasteiger charge is -2.41. The molecule has 0 bridgehead atoms. The number of nitrogens with one attached hydrogen (secondary N) is 2. The van der Waals surface area contributed by atoms with Gasteiger partial charge < -0.3 is 15.5 Å². The quantitative estimate of drug-likeness (QED) is 0.289. The third kappa shape index (κ3) is 9.47. The molecule has 232 valence electrons. The Labute approximate surface area is 250 Å². The van der Waals surface area contributed by atoms with Crippen molar-refractivity contribution in [2.45, 2.75) is 74.0 Å². The van der Waals surface area contributed by atoms with Gasteiger partial charge in [0.25, 0.3) is 5.91 Å². The first-order valence-electron chi connectivity index (χ1n) is 14.2. The lowest BCUT2D eigenvalue weighted by atomic mass is 9.81. The minimum absolute atomic E-state index is 0.129. The molecule has 1 unspecified atom stereocenters. The first-order valence-corrected chi connectivity index (χ1v) is 17.1. The Morgan fingerprint density at radius 1 is 1.02 bits per heavy atom. The van der Waals surface area contributed by atoms with E-state index in [1.165, 1.54) is 17.8 Å². The summed E-state index contributed by atoms with van der Waals surface area (Å²) in [6.07, 6.45) is 1.25. The van der Waals surface area contributed by atoms with Gasteiger partial charge in [-0.15, -0.1) is 11.8 Å². The number of amides is 2. The van der Waals surface area contributed by atoms with Crippen LogP contribution in [0.1, 0.15) is 61.9 Å². The summed E-state index contributed by atoms with van der Waals surface area (Å²) in [5.41, 5.74) is -1.16. The van der Waals surface area contributed by atoms with Crippen LogP contribution in [0.15, 0.2) is 58.3 Å².